The molecule has 2 aliphatic rings. The van der Waals surface area contributed by atoms with Crippen LogP contribution in [-0.2, 0) is 19.6 Å². The third-order valence-corrected chi connectivity index (χ3v) is 8.08. The maximum Gasteiger partial charge on any atom is 0.244 e. The third-order valence-electron chi connectivity index (χ3n) is 5.73. The van der Waals surface area contributed by atoms with E-state index < -0.39 is 34.1 Å². The molecule has 1 N–H and O–H groups in total. The Morgan fingerprint density at radius 2 is 1.90 bits per heavy atom. The molecule has 0 aromatic heterocycles. The van der Waals surface area contributed by atoms with Gasteiger partial charge in [0.05, 0.1) is 17.6 Å². The maximum absolute atomic E-state index is 13.6. The Morgan fingerprint density at radius 3 is 2.48 bits per heavy atom. The van der Waals surface area contributed by atoms with Gasteiger partial charge in [0.25, 0.3) is 0 Å². The first-order valence-corrected chi connectivity index (χ1v) is 11.8. The van der Waals surface area contributed by atoms with Crippen LogP contribution in [-0.4, -0.2) is 73.6 Å². The number of rotatable bonds is 6. The fraction of sp³-hybridized carbons (Fsp3) is 0.632. The van der Waals surface area contributed by atoms with Crippen LogP contribution in [0.15, 0.2) is 23.1 Å². The fourth-order valence-electron chi connectivity index (χ4n) is 4.34. The van der Waals surface area contributed by atoms with E-state index in [1.54, 1.807) is 18.9 Å². The number of carbonyl (C=O) groups is 1. The van der Waals surface area contributed by atoms with E-state index in [-0.39, 0.29) is 27.4 Å². The van der Waals surface area contributed by atoms with E-state index >= 15 is 0 Å². The summed E-state index contributed by atoms with van der Waals surface area (Å²) in [5.74, 6) is -0.669. The van der Waals surface area contributed by atoms with E-state index in [0.717, 1.165) is 0 Å². The lowest BCUT2D eigenvalue weighted by molar-refractivity contribution is -0.135. The van der Waals surface area contributed by atoms with Crippen LogP contribution in [0.25, 0.3) is 0 Å². The quantitative estimate of drug-likeness (QED) is 0.697. The van der Waals surface area contributed by atoms with Crippen molar-refractivity contribution in [2.75, 3.05) is 26.8 Å². The topological polar surface area (TPSA) is 87.2 Å². The Hall–Kier alpha value is -0.900. The van der Waals surface area contributed by atoms with Crippen molar-refractivity contribution >= 4 is 39.1 Å². The van der Waals surface area contributed by atoms with Gasteiger partial charge >= 0.3 is 0 Å². The van der Waals surface area contributed by atoms with Gasteiger partial charge in [-0.05, 0) is 44.4 Å². The summed E-state index contributed by atoms with van der Waals surface area (Å²) in [5.41, 5.74) is 0. The zero-order valence-corrected chi connectivity index (χ0v) is 18.8. The molecule has 1 aromatic carbocycles. The zero-order chi connectivity index (χ0) is 21.3. The van der Waals surface area contributed by atoms with Crippen LogP contribution >= 0.6 is 23.2 Å². The summed E-state index contributed by atoms with van der Waals surface area (Å²) in [4.78, 5) is 14.9. The second-order valence-corrected chi connectivity index (χ2v) is 10.4. The average molecular weight is 465 g/mol. The number of nitrogens with zero attached hydrogens (tertiary/aromatic N) is 2. The van der Waals surface area contributed by atoms with E-state index in [2.05, 4.69) is 0 Å². The molecule has 0 aliphatic carbocycles. The standard InChI is InChI=1S/C19H26Cl2N2O5S/c1-12(24)16-11-22(6-7-28-2)19(25)18-5-3-4-17(16)23(18)29(26,27)15-9-13(20)8-14(21)10-15/h8-10,12,16-18,24H,3-7,11H2,1-2H3/t12?,16-,17+,18-/m0/s1. The minimum Gasteiger partial charge on any atom is -0.393 e. The SMILES string of the molecule is COCCN1C[C@@H](C(C)O)[C@H]2CCC[C@@H](C1=O)N2S(=O)(=O)c1cc(Cl)cc(Cl)c1. The predicted octanol–water partition coefficient (Wildman–Crippen LogP) is 2.39. The lowest BCUT2D eigenvalue weighted by Gasteiger charge is -2.41. The first kappa shape index (κ1) is 22.8. The summed E-state index contributed by atoms with van der Waals surface area (Å²) in [6.45, 7) is 2.61. The van der Waals surface area contributed by atoms with Crippen molar-refractivity contribution in [1.29, 1.82) is 0 Å². The molecule has 2 heterocycles. The van der Waals surface area contributed by atoms with E-state index in [1.165, 1.54) is 22.5 Å². The Morgan fingerprint density at radius 1 is 1.24 bits per heavy atom. The minimum absolute atomic E-state index is 0.0469. The van der Waals surface area contributed by atoms with Crippen LogP contribution in [0.2, 0.25) is 10.0 Å². The highest BCUT2D eigenvalue weighted by molar-refractivity contribution is 7.89. The molecule has 162 valence electrons. The van der Waals surface area contributed by atoms with E-state index in [0.29, 0.717) is 32.4 Å². The summed E-state index contributed by atoms with van der Waals surface area (Å²) >= 11 is 12.1. The highest BCUT2D eigenvalue weighted by Crippen LogP contribution is 2.39. The normalized spacial score (nSPS) is 27.0. The number of ether oxygens (including phenoxy) is 1. The van der Waals surface area contributed by atoms with Gasteiger partial charge in [0.1, 0.15) is 6.04 Å². The van der Waals surface area contributed by atoms with Crippen molar-refractivity contribution < 1.29 is 23.1 Å². The minimum atomic E-state index is -4.06. The second kappa shape index (κ2) is 9.08. The van der Waals surface area contributed by atoms with E-state index in [4.69, 9.17) is 27.9 Å². The van der Waals surface area contributed by atoms with Gasteiger partial charge in [-0.15, -0.1) is 0 Å². The first-order chi connectivity index (χ1) is 13.7. The largest absolute Gasteiger partial charge is 0.393 e. The lowest BCUT2D eigenvalue weighted by Crippen LogP contribution is -2.55. The lowest BCUT2D eigenvalue weighted by atomic mass is 9.87. The molecule has 0 radical (unpaired) electrons. The summed E-state index contributed by atoms with van der Waals surface area (Å²) in [7, 11) is -2.51. The monoisotopic (exact) mass is 464 g/mol. The summed E-state index contributed by atoms with van der Waals surface area (Å²) < 4.78 is 33.7. The van der Waals surface area contributed by atoms with Gasteiger partial charge in [0, 0.05) is 42.2 Å². The number of benzene rings is 1. The van der Waals surface area contributed by atoms with Crippen molar-refractivity contribution in [3.05, 3.63) is 28.2 Å². The Kier molecular flexibility index (Phi) is 7.13. The molecule has 29 heavy (non-hydrogen) atoms. The van der Waals surface area contributed by atoms with E-state index in [1.807, 2.05) is 0 Å². The van der Waals surface area contributed by atoms with E-state index in [9.17, 15) is 18.3 Å². The van der Waals surface area contributed by atoms with Crippen LogP contribution < -0.4 is 0 Å². The highest BCUT2D eigenvalue weighted by atomic mass is 35.5. The van der Waals surface area contributed by atoms with Crippen LogP contribution in [0, 0.1) is 5.92 Å². The van der Waals surface area contributed by atoms with Gasteiger partial charge < -0.3 is 14.7 Å². The molecule has 2 aliphatic heterocycles. The van der Waals surface area contributed by atoms with Gasteiger partial charge in [-0.3, -0.25) is 4.79 Å². The number of sulfonamides is 1. The molecule has 0 spiro atoms. The molecular weight excluding hydrogens is 439 g/mol. The molecular formula is C19H26Cl2N2O5S. The first-order valence-electron chi connectivity index (χ1n) is 9.62. The van der Waals surface area contributed by atoms with Gasteiger partial charge in [-0.1, -0.05) is 23.2 Å². The molecule has 1 aromatic rings. The molecule has 1 unspecified atom stereocenters. The molecule has 4 atom stereocenters. The molecule has 3 rings (SSSR count). The second-order valence-electron chi connectivity index (χ2n) is 7.64. The van der Waals surface area contributed by atoms with Gasteiger partial charge in [0.2, 0.25) is 15.9 Å². The average Bonchev–Trinajstić information content (AvgIpc) is 2.72. The van der Waals surface area contributed by atoms with Gasteiger partial charge in [-0.25, -0.2) is 8.42 Å². The fourth-order valence-corrected chi connectivity index (χ4v) is 6.94. The zero-order valence-electron chi connectivity index (χ0n) is 16.4. The van der Waals surface area contributed by atoms with Gasteiger partial charge in [0.15, 0.2) is 0 Å². The third kappa shape index (κ3) is 4.57. The number of hydrogen-bond acceptors (Lipinski definition) is 5. The molecule has 1 amide bonds. The molecule has 10 heteroatoms. The Labute approximate surface area is 181 Å². The number of methoxy groups -OCH3 is 1. The van der Waals surface area contributed by atoms with Crippen LogP contribution in [0.3, 0.4) is 0 Å². The van der Waals surface area contributed by atoms with Crippen molar-refractivity contribution in [3.8, 4) is 0 Å². The highest BCUT2D eigenvalue weighted by Gasteiger charge is 2.51. The number of aliphatic hydroxyl groups excluding tert-OH is 1. The Balaban J connectivity index is 2.09. The van der Waals surface area contributed by atoms with Crippen molar-refractivity contribution in [2.24, 2.45) is 5.92 Å². The number of halogens is 2. The van der Waals surface area contributed by atoms with Crippen molar-refractivity contribution in [3.63, 3.8) is 0 Å². The van der Waals surface area contributed by atoms with Crippen LogP contribution in [0.5, 0.6) is 0 Å². The molecule has 2 saturated heterocycles. The smallest absolute Gasteiger partial charge is 0.244 e. The number of aliphatic hydroxyl groups is 1. The molecule has 2 fully saturated rings. The van der Waals surface area contributed by atoms with Crippen LogP contribution in [0.4, 0.5) is 0 Å². The molecule has 7 nitrogen and oxygen atoms in total. The number of carbonyl (C=O) groups excluding carboxylic acids is 1. The van der Waals surface area contributed by atoms with Crippen LogP contribution in [0.1, 0.15) is 26.2 Å². The van der Waals surface area contributed by atoms with Crippen molar-refractivity contribution in [1.82, 2.24) is 9.21 Å². The number of amides is 1. The number of hydrogen-bond donors (Lipinski definition) is 1. The maximum atomic E-state index is 13.6. The predicted molar refractivity (Wildman–Crippen MR) is 111 cm³/mol. The molecule has 2 bridgehead atoms. The summed E-state index contributed by atoms with van der Waals surface area (Å²) in [6.07, 6.45) is 0.935. The van der Waals surface area contributed by atoms with Gasteiger partial charge in [-0.2, -0.15) is 4.31 Å². The molecule has 0 saturated carbocycles. The number of fused-ring (bicyclic) bond motifs is 2. The van der Waals surface area contributed by atoms with Crippen molar-refractivity contribution in [2.45, 2.75) is 49.3 Å². The summed E-state index contributed by atoms with van der Waals surface area (Å²) in [5, 5.41) is 10.9. The summed E-state index contributed by atoms with van der Waals surface area (Å²) in [6, 6.07) is 2.83. The number of piperidine rings is 1. The Bertz CT molecular complexity index is 844.